The Balaban J connectivity index is 1.62. The molecule has 0 N–H and O–H groups in total. The molecule has 0 atom stereocenters. The first kappa shape index (κ1) is 17.0. The second-order valence-electron chi connectivity index (χ2n) is 7.36. The maximum absolute atomic E-state index is 12.7. The standard InChI is InChI=1S/C19H28N4O/c1-14(2)21(4)12-16-6-9-22(10-7-16)19(24)17-13-23-8-5-15(3)11-18(23)20-17/h5,8,11,13-14,16H,6-7,9-10,12H2,1-4H3. The number of carbonyl (C=O) groups excluding carboxylic acids is 1. The van der Waals surface area contributed by atoms with E-state index >= 15 is 0 Å². The van der Waals surface area contributed by atoms with Crippen molar-refractivity contribution >= 4 is 11.6 Å². The van der Waals surface area contributed by atoms with Gasteiger partial charge in [-0.2, -0.15) is 0 Å². The van der Waals surface area contributed by atoms with Crippen molar-refractivity contribution < 1.29 is 4.79 Å². The van der Waals surface area contributed by atoms with Gasteiger partial charge in [0.15, 0.2) is 0 Å². The van der Waals surface area contributed by atoms with Crippen molar-refractivity contribution in [2.24, 2.45) is 5.92 Å². The number of nitrogens with zero attached hydrogens (tertiary/aromatic N) is 4. The van der Waals surface area contributed by atoms with Crippen molar-refractivity contribution in [2.75, 3.05) is 26.7 Å². The molecule has 130 valence electrons. The van der Waals surface area contributed by atoms with E-state index in [0.717, 1.165) is 43.7 Å². The van der Waals surface area contributed by atoms with Crippen LogP contribution < -0.4 is 0 Å². The number of piperidine rings is 1. The van der Waals surface area contributed by atoms with Crippen LogP contribution in [0.3, 0.4) is 0 Å². The number of imidazole rings is 1. The van der Waals surface area contributed by atoms with Gasteiger partial charge in [0.05, 0.1) is 0 Å². The molecule has 3 rings (SSSR count). The van der Waals surface area contributed by atoms with Crippen molar-refractivity contribution in [1.29, 1.82) is 0 Å². The Bertz CT molecular complexity index is 713. The van der Waals surface area contributed by atoms with E-state index in [4.69, 9.17) is 0 Å². The molecule has 1 aliphatic heterocycles. The molecule has 0 bridgehead atoms. The lowest BCUT2D eigenvalue weighted by Gasteiger charge is -2.34. The molecule has 0 aliphatic carbocycles. The molecule has 0 radical (unpaired) electrons. The number of carbonyl (C=O) groups is 1. The summed E-state index contributed by atoms with van der Waals surface area (Å²) in [4.78, 5) is 21.6. The average Bonchev–Trinajstić information content (AvgIpc) is 2.97. The molecule has 3 heterocycles. The topological polar surface area (TPSA) is 40.9 Å². The maximum Gasteiger partial charge on any atom is 0.274 e. The predicted molar refractivity (Wildman–Crippen MR) is 96.3 cm³/mol. The summed E-state index contributed by atoms with van der Waals surface area (Å²) in [6.45, 7) is 9.28. The Morgan fingerprint density at radius 3 is 2.75 bits per heavy atom. The molecule has 1 fully saturated rings. The summed E-state index contributed by atoms with van der Waals surface area (Å²) in [6, 6.07) is 4.61. The van der Waals surface area contributed by atoms with E-state index in [-0.39, 0.29) is 5.91 Å². The van der Waals surface area contributed by atoms with Crippen molar-refractivity contribution in [3.05, 3.63) is 35.8 Å². The summed E-state index contributed by atoms with van der Waals surface area (Å²) >= 11 is 0. The van der Waals surface area contributed by atoms with Crippen LogP contribution in [0.5, 0.6) is 0 Å². The third-order valence-corrected chi connectivity index (χ3v) is 5.16. The number of pyridine rings is 1. The van der Waals surface area contributed by atoms with Gasteiger partial charge in [-0.1, -0.05) is 0 Å². The van der Waals surface area contributed by atoms with Crippen molar-refractivity contribution in [1.82, 2.24) is 19.2 Å². The summed E-state index contributed by atoms with van der Waals surface area (Å²) < 4.78 is 1.92. The SMILES string of the molecule is Cc1ccn2cc(C(=O)N3CCC(CN(C)C(C)C)CC3)nc2c1. The normalized spacial score (nSPS) is 16.5. The minimum atomic E-state index is 0.0621. The quantitative estimate of drug-likeness (QED) is 0.866. The van der Waals surface area contributed by atoms with Gasteiger partial charge in [-0.05, 0) is 64.3 Å². The van der Waals surface area contributed by atoms with Gasteiger partial charge in [0.2, 0.25) is 0 Å². The van der Waals surface area contributed by atoms with Gasteiger partial charge in [0, 0.05) is 38.1 Å². The van der Waals surface area contributed by atoms with Crippen LogP contribution in [-0.4, -0.2) is 57.8 Å². The van der Waals surface area contributed by atoms with Crippen LogP contribution in [0.15, 0.2) is 24.5 Å². The highest BCUT2D eigenvalue weighted by atomic mass is 16.2. The second kappa shape index (κ2) is 6.93. The molecule has 1 saturated heterocycles. The highest BCUT2D eigenvalue weighted by Crippen LogP contribution is 2.20. The molecule has 2 aromatic heterocycles. The Kier molecular flexibility index (Phi) is 4.90. The molecule has 2 aromatic rings. The van der Waals surface area contributed by atoms with Crippen LogP contribution in [-0.2, 0) is 0 Å². The Labute approximate surface area is 144 Å². The van der Waals surface area contributed by atoms with Crippen LogP contribution in [0.4, 0.5) is 0 Å². The first-order chi connectivity index (χ1) is 11.4. The number of amides is 1. The Morgan fingerprint density at radius 2 is 2.08 bits per heavy atom. The zero-order valence-corrected chi connectivity index (χ0v) is 15.2. The summed E-state index contributed by atoms with van der Waals surface area (Å²) in [5, 5.41) is 0. The second-order valence-corrected chi connectivity index (χ2v) is 7.36. The van der Waals surface area contributed by atoms with E-state index in [9.17, 15) is 4.79 Å². The third-order valence-electron chi connectivity index (χ3n) is 5.16. The Morgan fingerprint density at radius 1 is 1.38 bits per heavy atom. The highest BCUT2D eigenvalue weighted by Gasteiger charge is 2.26. The number of hydrogen-bond acceptors (Lipinski definition) is 3. The molecule has 0 saturated carbocycles. The highest BCUT2D eigenvalue weighted by molar-refractivity contribution is 5.93. The summed E-state index contributed by atoms with van der Waals surface area (Å²) in [7, 11) is 2.18. The number of rotatable bonds is 4. The van der Waals surface area contributed by atoms with Crippen molar-refractivity contribution in [3.63, 3.8) is 0 Å². The zero-order valence-electron chi connectivity index (χ0n) is 15.2. The van der Waals surface area contributed by atoms with Crippen LogP contribution in [0.2, 0.25) is 0 Å². The molecule has 0 aromatic carbocycles. The predicted octanol–water partition coefficient (Wildman–Crippen LogP) is 2.84. The molecule has 5 heteroatoms. The lowest BCUT2D eigenvalue weighted by atomic mass is 9.95. The maximum atomic E-state index is 12.7. The molecule has 0 unspecified atom stereocenters. The van der Waals surface area contributed by atoms with E-state index < -0.39 is 0 Å². The molecular formula is C19H28N4O. The van der Waals surface area contributed by atoms with E-state index in [0.29, 0.717) is 17.7 Å². The molecule has 1 aliphatic rings. The van der Waals surface area contributed by atoms with Crippen LogP contribution in [0.1, 0.15) is 42.7 Å². The lowest BCUT2D eigenvalue weighted by molar-refractivity contribution is 0.0661. The fraction of sp³-hybridized carbons (Fsp3) is 0.579. The lowest BCUT2D eigenvalue weighted by Crippen LogP contribution is -2.42. The minimum Gasteiger partial charge on any atom is -0.337 e. The van der Waals surface area contributed by atoms with E-state index in [1.807, 2.05) is 40.8 Å². The number of hydrogen-bond donors (Lipinski definition) is 0. The van der Waals surface area contributed by atoms with Crippen LogP contribution in [0.25, 0.3) is 5.65 Å². The Hall–Kier alpha value is -1.88. The monoisotopic (exact) mass is 328 g/mol. The number of fused-ring (bicyclic) bond motifs is 1. The fourth-order valence-electron chi connectivity index (χ4n) is 3.29. The largest absolute Gasteiger partial charge is 0.337 e. The number of aryl methyl sites for hydroxylation is 1. The molecule has 24 heavy (non-hydrogen) atoms. The molecular weight excluding hydrogens is 300 g/mol. The van der Waals surface area contributed by atoms with Gasteiger partial charge in [0.25, 0.3) is 5.91 Å². The molecule has 5 nitrogen and oxygen atoms in total. The summed E-state index contributed by atoms with van der Waals surface area (Å²) in [5.74, 6) is 0.747. The first-order valence-electron chi connectivity index (χ1n) is 8.89. The van der Waals surface area contributed by atoms with Gasteiger partial charge < -0.3 is 14.2 Å². The molecule has 1 amide bonds. The zero-order chi connectivity index (χ0) is 17.3. The summed E-state index contributed by atoms with van der Waals surface area (Å²) in [5.41, 5.74) is 2.55. The third kappa shape index (κ3) is 3.61. The van der Waals surface area contributed by atoms with Gasteiger partial charge in [-0.3, -0.25) is 4.79 Å². The smallest absolute Gasteiger partial charge is 0.274 e. The van der Waals surface area contributed by atoms with Gasteiger partial charge in [-0.15, -0.1) is 0 Å². The summed E-state index contributed by atoms with van der Waals surface area (Å²) in [6.07, 6.45) is 5.96. The van der Waals surface area contributed by atoms with E-state index in [1.165, 1.54) is 0 Å². The van der Waals surface area contributed by atoms with Gasteiger partial charge >= 0.3 is 0 Å². The number of likely N-dealkylation sites (tertiary alicyclic amines) is 1. The van der Waals surface area contributed by atoms with Crippen molar-refractivity contribution in [2.45, 2.75) is 39.7 Å². The molecule has 0 spiro atoms. The first-order valence-corrected chi connectivity index (χ1v) is 8.89. The van der Waals surface area contributed by atoms with Crippen LogP contribution >= 0.6 is 0 Å². The van der Waals surface area contributed by atoms with Gasteiger partial charge in [0.1, 0.15) is 11.3 Å². The number of aromatic nitrogens is 2. The van der Waals surface area contributed by atoms with E-state index in [1.54, 1.807) is 0 Å². The average molecular weight is 328 g/mol. The van der Waals surface area contributed by atoms with Gasteiger partial charge in [-0.25, -0.2) is 4.98 Å². The van der Waals surface area contributed by atoms with E-state index in [2.05, 4.69) is 30.8 Å². The fourth-order valence-corrected chi connectivity index (χ4v) is 3.29. The van der Waals surface area contributed by atoms with Crippen molar-refractivity contribution in [3.8, 4) is 0 Å². The minimum absolute atomic E-state index is 0.0621. The van der Waals surface area contributed by atoms with Crippen LogP contribution in [0, 0.1) is 12.8 Å².